The topological polar surface area (TPSA) is 95.6 Å². The first kappa shape index (κ1) is 25.2. The summed E-state index contributed by atoms with van der Waals surface area (Å²) in [6.07, 6.45) is 8.48. The highest BCUT2D eigenvalue weighted by molar-refractivity contribution is 7.92. The van der Waals surface area contributed by atoms with Gasteiger partial charge in [-0.15, -0.1) is 0 Å². The Morgan fingerprint density at radius 2 is 1.51 bits per heavy atom. The molecule has 188 valence electrons. The molecule has 7 nitrogen and oxygen atoms in total. The Morgan fingerprint density at radius 1 is 0.857 bits per heavy atom. The standard InChI is InChI=1S/C27H35N3O4S/c1-20-10-16-25(17-11-20)35(33,34)29-24-14-12-21(13-15-24)27(32)30-18-6-7-22(19-30)26(31)28-23-8-4-2-3-5-9-23/h10-17,22-23,29H,2-9,18-19H2,1H3,(H,28,31)/t22-/m1/s1. The van der Waals surface area contributed by atoms with Gasteiger partial charge in [0.15, 0.2) is 0 Å². The average Bonchev–Trinajstić information content (AvgIpc) is 3.13. The molecule has 2 N–H and O–H groups in total. The van der Waals surface area contributed by atoms with Gasteiger partial charge in [0.25, 0.3) is 15.9 Å². The maximum atomic E-state index is 13.1. The van der Waals surface area contributed by atoms with Crippen LogP contribution in [0.15, 0.2) is 53.4 Å². The van der Waals surface area contributed by atoms with Crippen LogP contribution in [0.3, 0.4) is 0 Å². The largest absolute Gasteiger partial charge is 0.353 e. The van der Waals surface area contributed by atoms with E-state index in [0.717, 1.165) is 44.1 Å². The third-order valence-corrected chi connectivity index (χ3v) is 8.39. The number of nitrogens with one attached hydrogen (secondary N) is 2. The SMILES string of the molecule is Cc1ccc(S(=O)(=O)Nc2ccc(C(=O)N3CCC[C@@H](C(=O)NC4CCCCCC4)C3)cc2)cc1. The number of carbonyl (C=O) groups excluding carboxylic acids is 2. The highest BCUT2D eigenvalue weighted by atomic mass is 32.2. The second-order valence-electron chi connectivity index (χ2n) is 9.78. The smallest absolute Gasteiger partial charge is 0.261 e. The van der Waals surface area contributed by atoms with Gasteiger partial charge in [-0.25, -0.2) is 8.42 Å². The molecule has 2 amide bonds. The summed E-state index contributed by atoms with van der Waals surface area (Å²) in [5, 5.41) is 3.23. The molecule has 35 heavy (non-hydrogen) atoms. The number of sulfonamides is 1. The first-order chi connectivity index (χ1) is 16.8. The first-order valence-corrected chi connectivity index (χ1v) is 14.1. The van der Waals surface area contributed by atoms with Gasteiger partial charge in [-0.05, 0) is 69.0 Å². The van der Waals surface area contributed by atoms with Gasteiger partial charge in [0, 0.05) is 30.4 Å². The second kappa shape index (κ2) is 11.2. The Balaban J connectivity index is 1.35. The fraction of sp³-hybridized carbons (Fsp3) is 0.481. The van der Waals surface area contributed by atoms with E-state index in [0.29, 0.717) is 24.3 Å². The molecule has 2 fully saturated rings. The van der Waals surface area contributed by atoms with Crippen LogP contribution >= 0.6 is 0 Å². The third-order valence-electron chi connectivity index (χ3n) is 7.00. The molecule has 2 aliphatic rings. The highest BCUT2D eigenvalue weighted by Crippen LogP contribution is 2.23. The summed E-state index contributed by atoms with van der Waals surface area (Å²) in [6, 6.07) is 13.3. The summed E-state index contributed by atoms with van der Waals surface area (Å²) >= 11 is 0. The maximum Gasteiger partial charge on any atom is 0.261 e. The van der Waals surface area contributed by atoms with Crippen LogP contribution in [0.2, 0.25) is 0 Å². The minimum Gasteiger partial charge on any atom is -0.353 e. The minimum absolute atomic E-state index is 0.0651. The van der Waals surface area contributed by atoms with Crippen molar-refractivity contribution in [3.63, 3.8) is 0 Å². The molecule has 0 unspecified atom stereocenters. The van der Waals surface area contributed by atoms with Gasteiger partial charge in [0.1, 0.15) is 0 Å². The molecule has 0 aromatic heterocycles. The Bertz CT molecular complexity index is 1120. The fourth-order valence-corrected chi connectivity index (χ4v) is 5.97. The predicted molar refractivity (Wildman–Crippen MR) is 137 cm³/mol. The van der Waals surface area contributed by atoms with Crippen LogP contribution in [-0.4, -0.2) is 44.3 Å². The maximum absolute atomic E-state index is 13.1. The number of amides is 2. The van der Waals surface area contributed by atoms with Crippen molar-refractivity contribution in [2.75, 3.05) is 17.8 Å². The molecule has 1 heterocycles. The van der Waals surface area contributed by atoms with Crippen molar-refractivity contribution in [1.29, 1.82) is 0 Å². The normalized spacial score (nSPS) is 19.6. The summed E-state index contributed by atoms with van der Waals surface area (Å²) in [4.78, 5) is 27.9. The molecule has 0 radical (unpaired) electrons. The lowest BCUT2D eigenvalue weighted by Gasteiger charge is -2.33. The van der Waals surface area contributed by atoms with E-state index in [1.54, 1.807) is 53.4 Å². The van der Waals surface area contributed by atoms with Gasteiger partial charge in [-0.2, -0.15) is 0 Å². The lowest BCUT2D eigenvalue weighted by atomic mass is 9.95. The zero-order chi connectivity index (χ0) is 24.8. The second-order valence-corrected chi connectivity index (χ2v) is 11.5. The van der Waals surface area contributed by atoms with E-state index in [4.69, 9.17) is 0 Å². The monoisotopic (exact) mass is 497 g/mol. The van der Waals surface area contributed by atoms with Crippen LogP contribution in [0, 0.1) is 12.8 Å². The average molecular weight is 498 g/mol. The molecule has 1 aliphatic carbocycles. The summed E-state index contributed by atoms with van der Waals surface area (Å²) in [5.41, 5.74) is 1.85. The number of hydrogen-bond donors (Lipinski definition) is 2. The van der Waals surface area contributed by atoms with E-state index in [9.17, 15) is 18.0 Å². The third kappa shape index (κ3) is 6.63. The summed E-state index contributed by atoms with van der Waals surface area (Å²) in [5.74, 6) is -0.253. The van der Waals surface area contributed by atoms with Crippen molar-refractivity contribution in [2.45, 2.75) is 69.2 Å². The molecule has 0 spiro atoms. The van der Waals surface area contributed by atoms with Crippen LogP contribution in [0.5, 0.6) is 0 Å². The number of rotatable bonds is 6. The van der Waals surface area contributed by atoms with Gasteiger partial charge in [0.05, 0.1) is 10.8 Å². The van der Waals surface area contributed by atoms with Crippen LogP contribution in [-0.2, 0) is 14.8 Å². The van der Waals surface area contributed by atoms with Crippen molar-refractivity contribution in [3.05, 3.63) is 59.7 Å². The van der Waals surface area contributed by atoms with Crippen LogP contribution in [0.25, 0.3) is 0 Å². The molecule has 4 rings (SSSR count). The number of piperidine rings is 1. The van der Waals surface area contributed by atoms with E-state index in [2.05, 4.69) is 10.0 Å². The molecule has 0 bridgehead atoms. The molecule has 1 atom stereocenters. The fourth-order valence-electron chi connectivity index (χ4n) is 4.91. The van der Waals surface area contributed by atoms with Gasteiger partial charge in [0.2, 0.25) is 5.91 Å². The molecule has 8 heteroatoms. The quantitative estimate of drug-likeness (QED) is 0.575. The zero-order valence-electron chi connectivity index (χ0n) is 20.3. The Labute approximate surface area is 208 Å². The van der Waals surface area contributed by atoms with Crippen molar-refractivity contribution < 1.29 is 18.0 Å². The first-order valence-electron chi connectivity index (χ1n) is 12.6. The number of carbonyl (C=O) groups is 2. The van der Waals surface area contributed by atoms with Crippen molar-refractivity contribution >= 4 is 27.5 Å². The summed E-state index contributed by atoms with van der Waals surface area (Å²) in [6.45, 7) is 2.93. The minimum atomic E-state index is -3.70. The van der Waals surface area contributed by atoms with E-state index in [-0.39, 0.29) is 28.7 Å². The number of nitrogens with zero attached hydrogens (tertiary/aromatic N) is 1. The molecular weight excluding hydrogens is 462 g/mol. The number of anilines is 1. The van der Waals surface area contributed by atoms with Crippen molar-refractivity contribution in [1.82, 2.24) is 10.2 Å². The predicted octanol–water partition coefficient (Wildman–Crippen LogP) is 4.49. The van der Waals surface area contributed by atoms with Crippen molar-refractivity contribution in [2.24, 2.45) is 5.92 Å². The van der Waals surface area contributed by atoms with Gasteiger partial charge < -0.3 is 10.2 Å². The van der Waals surface area contributed by atoms with E-state index in [1.165, 1.54) is 12.8 Å². The van der Waals surface area contributed by atoms with E-state index >= 15 is 0 Å². The molecule has 1 aliphatic heterocycles. The highest BCUT2D eigenvalue weighted by Gasteiger charge is 2.30. The lowest BCUT2D eigenvalue weighted by Crippen LogP contribution is -2.47. The van der Waals surface area contributed by atoms with Gasteiger partial charge >= 0.3 is 0 Å². The number of likely N-dealkylation sites (tertiary alicyclic amines) is 1. The molecule has 1 saturated carbocycles. The molecule has 2 aromatic carbocycles. The Hall–Kier alpha value is -2.87. The summed E-state index contributed by atoms with van der Waals surface area (Å²) < 4.78 is 27.8. The van der Waals surface area contributed by atoms with E-state index in [1.807, 2.05) is 6.92 Å². The number of benzene rings is 2. The van der Waals surface area contributed by atoms with Gasteiger partial charge in [-0.1, -0.05) is 43.4 Å². The Morgan fingerprint density at radius 3 is 2.17 bits per heavy atom. The molecular formula is C27H35N3O4S. The Kier molecular flexibility index (Phi) is 8.11. The lowest BCUT2D eigenvalue weighted by molar-refractivity contribution is -0.127. The summed E-state index contributed by atoms with van der Waals surface area (Å²) in [7, 11) is -3.70. The molecule has 1 saturated heterocycles. The molecule has 2 aromatic rings. The van der Waals surface area contributed by atoms with Crippen LogP contribution in [0.1, 0.15) is 67.3 Å². The van der Waals surface area contributed by atoms with Crippen molar-refractivity contribution in [3.8, 4) is 0 Å². The number of aryl methyl sites for hydroxylation is 1. The van der Waals surface area contributed by atoms with Crippen LogP contribution < -0.4 is 10.0 Å². The zero-order valence-corrected chi connectivity index (χ0v) is 21.1. The van der Waals surface area contributed by atoms with Crippen LogP contribution in [0.4, 0.5) is 5.69 Å². The number of hydrogen-bond acceptors (Lipinski definition) is 4. The van der Waals surface area contributed by atoms with E-state index < -0.39 is 10.0 Å². The van der Waals surface area contributed by atoms with Gasteiger partial charge in [-0.3, -0.25) is 14.3 Å².